The second-order valence-electron chi connectivity index (χ2n) is 6.43. The Hall–Kier alpha value is -0.910. The van der Waals surface area contributed by atoms with Gasteiger partial charge >= 0.3 is 0 Å². The third-order valence-electron chi connectivity index (χ3n) is 4.86. The molecule has 3 heterocycles. The lowest BCUT2D eigenvalue weighted by Gasteiger charge is -2.36. The summed E-state index contributed by atoms with van der Waals surface area (Å²) >= 11 is 1.76. The Balaban J connectivity index is 1.60. The highest BCUT2D eigenvalue weighted by atomic mass is 32.1. The smallest absolute Gasteiger partial charge is 0.237 e. The molecule has 21 heavy (non-hydrogen) atoms. The number of hydrogen-bond donors (Lipinski definition) is 1. The molecule has 2 aliphatic rings. The first kappa shape index (κ1) is 15.0. The van der Waals surface area contributed by atoms with Crippen LogP contribution < -0.4 is 5.73 Å². The van der Waals surface area contributed by atoms with Crippen molar-refractivity contribution in [3.05, 3.63) is 22.4 Å². The van der Waals surface area contributed by atoms with Gasteiger partial charge in [-0.15, -0.1) is 11.3 Å². The van der Waals surface area contributed by atoms with Crippen molar-refractivity contribution in [1.29, 1.82) is 0 Å². The molecule has 2 aliphatic heterocycles. The van der Waals surface area contributed by atoms with E-state index in [9.17, 15) is 4.79 Å². The normalized spacial score (nSPS) is 30.8. The van der Waals surface area contributed by atoms with Gasteiger partial charge < -0.3 is 10.6 Å². The second-order valence-corrected chi connectivity index (χ2v) is 7.40. The minimum atomic E-state index is 0.286. The maximum atomic E-state index is 12.7. The summed E-state index contributed by atoms with van der Waals surface area (Å²) in [4.78, 5) is 18.4. The predicted molar refractivity (Wildman–Crippen MR) is 86.2 cm³/mol. The van der Waals surface area contributed by atoms with Gasteiger partial charge in [0.25, 0.3) is 0 Å². The molecule has 3 rings (SSSR count). The van der Waals surface area contributed by atoms with Crippen molar-refractivity contribution in [1.82, 2.24) is 9.80 Å². The molecule has 1 aromatic rings. The Kier molecular flexibility index (Phi) is 4.62. The van der Waals surface area contributed by atoms with Crippen LogP contribution in [0.1, 0.15) is 37.1 Å². The van der Waals surface area contributed by atoms with Gasteiger partial charge in [-0.05, 0) is 36.6 Å². The average Bonchev–Trinajstić information content (AvgIpc) is 3.12. The third-order valence-corrected chi connectivity index (χ3v) is 5.83. The van der Waals surface area contributed by atoms with E-state index in [2.05, 4.69) is 34.2 Å². The van der Waals surface area contributed by atoms with Crippen LogP contribution in [-0.2, 0) is 4.79 Å². The van der Waals surface area contributed by atoms with Gasteiger partial charge in [-0.2, -0.15) is 0 Å². The summed E-state index contributed by atoms with van der Waals surface area (Å²) in [7, 11) is 0. The molecule has 1 aromatic heterocycles. The van der Waals surface area contributed by atoms with Crippen molar-refractivity contribution in [3.63, 3.8) is 0 Å². The van der Waals surface area contributed by atoms with Crippen LogP contribution in [0.2, 0.25) is 0 Å². The van der Waals surface area contributed by atoms with Crippen LogP contribution >= 0.6 is 11.3 Å². The van der Waals surface area contributed by atoms with Crippen LogP contribution in [0.3, 0.4) is 0 Å². The Morgan fingerprint density at radius 3 is 3.00 bits per heavy atom. The van der Waals surface area contributed by atoms with Gasteiger partial charge in [-0.25, -0.2) is 0 Å². The number of amides is 1. The molecule has 0 aliphatic carbocycles. The van der Waals surface area contributed by atoms with Gasteiger partial charge in [0.05, 0.1) is 12.6 Å². The lowest BCUT2D eigenvalue weighted by atomic mass is 9.95. The van der Waals surface area contributed by atoms with Crippen molar-refractivity contribution in [3.8, 4) is 0 Å². The maximum absolute atomic E-state index is 12.7. The molecule has 0 aromatic carbocycles. The topological polar surface area (TPSA) is 49.6 Å². The molecule has 5 heteroatoms. The molecule has 4 nitrogen and oxygen atoms in total. The SMILES string of the molecule is CC1CN(CC(=O)N2CCCC2c2cccs2)CCC1N. The fourth-order valence-electron chi connectivity index (χ4n) is 3.52. The van der Waals surface area contributed by atoms with Gasteiger partial charge in [-0.1, -0.05) is 13.0 Å². The average molecular weight is 307 g/mol. The van der Waals surface area contributed by atoms with Crippen LogP contribution in [0.4, 0.5) is 0 Å². The summed E-state index contributed by atoms with van der Waals surface area (Å²) in [6, 6.07) is 4.83. The molecule has 0 radical (unpaired) electrons. The molecule has 2 N–H and O–H groups in total. The van der Waals surface area contributed by atoms with E-state index in [-0.39, 0.29) is 5.91 Å². The predicted octanol–water partition coefficient (Wildman–Crippen LogP) is 2.08. The van der Waals surface area contributed by atoms with Crippen molar-refractivity contribution in [2.45, 2.75) is 38.3 Å². The van der Waals surface area contributed by atoms with E-state index < -0.39 is 0 Å². The van der Waals surface area contributed by atoms with E-state index in [0.717, 1.165) is 38.9 Å². The molecule has 3 atom stereocenters. The van der Waals surface area contributed by atoms with Gasteiger partial charge in [0.1, 0.15) is 0 Å². The number of carbonyl (C=O) groups is 1. The highest BCUT2D eigenvalue weighted by Crippen LogP contribution is 2.34. The van der Waals surface area contributed by atoms with Crippen LogP contribution in [0, 0.1) is 5.92 Å². The molecule has 1 amide bonds. The highest BCUT2D eigenvalue weighted by molar-refractivity contribution is 7.10. The number of piperidine rings is 1. The van der Waals surface area contributed by atoms with Crippen molar-refractivity contribution >= 4 is 17.2 Å². The van der Waals surface area contributed by atoms with Crippen molar-refractivity contribution < 1.29 is 4.79 Å². The second kappa shape index (κ2) is 6.46. The lowest BCUT2D eigenvalue weighted by molar-refractivity contribution is -0.133. The summed E-state index contributed by atoms with van der Waals surface area (Å²) in [5.41, 5.74) is 6.06. The summed E-state index contributed by atoms with van der Waals surface area (Å²) in [5.74, 6) is 0.770. The third kappa shape index (κ3) is 3.30. The molecule has 116 valence electrons. The first-order chi connectivity index (χ1) is 10.1. The number of thiophene rings is 1. The Morgan fingerprint density at radius 1 is 1.43 bits per heavy atom. The molecular formula is C16H25N3OS. The van der Waals surface area contributed by atoms with Crippen LogP contribution in [0.15, 0.2) is 17.5 Å². The van der Waals surface area contributed by atoms with E-state index >= 15 is 0 Å². The quantitative estimate of drug-likeness (QED) is 0.930. The van der Waals surface area contributed by atoms with E-state index in [0.29, 0.717) is 24.5 Å². The summed E-state index contributed by atoms with van der Waals surface area (Å²) < 4.78 is 0. The van der Waals surface area contributed by atoms with E-state index in [1.807, 2.05) is 0 Å². The first-order valence-electron chi connectivity index (χ1n) is 7.96. The zero-order valence-electron chi connectivity index (χ0n) is 12.7. The van der Waals surface area contributed by atoms with Crippen molar-refractivity contribution in [2.24, 2.45) is 11.7 Å². The fraction of sp³-hybridized carbons (Fsp3) is 0.688. The number of hydrogen-bond acceptors (Lipinski definition) is 4. The maximum Gasteiger partial charge on any atom is 0.237 e. The van der Waals surface area contributed by atoms with Gasteiger partial charge in [0, 0.05) is 30.6 Å². The number of nitrogens with zero attached hydrogens (tertiary/aromatic N) is 2. The Morgan fingerprint density at radius 2 is 2.29 bits per heavy atom. The number of nitrogens with two attached hydrogens (primary N) is 1. The molecule has 0 spiro atoms. The Labute approximate surface area is 130 Å². The van der Waals surface area contributed by atoms with E-state index in [1.165, 1.54) is 4.88 Å². The summed E-state index contributed by atoms with van der Waals surface area (Å²) in [5, 5.41) is 2.10. The lowest BCUT2D eigenvalue weighted by Crippen LogP contribution is -2.49. The Bertz CT molecular complexity index is 476. The van der Waals surface area contributed by atoms with Crippen LogP contribution in [0.5, 0.6) is 0 Å². The summed E-state index contributed by atoms with van der Waals surface area (Å²) in [6.45, 7) is 5.55. The minimum Gasteiger partial charge on any atom is -0.334 e. The van der Waals surface area contributed by atoms with Crippen molar-refractivity contribution in [2.75, 3.05) is 26.2 Å². The summed E-state index contributed by atoms with van der Waals surface area (Å²) in [6.07, 6.45) is 3.23. The van der Waals surface area contributed by atoms with Gasteiger partial charge in [0.15, 0.2) is 0 Å². The van der Waals surface area contributed by atoms with E-state index in [1.54, 1.807) is 11.3 Å². The number of rotatable bonds is 3. The molecule has 2 saturated heterocycles. The molecule has 2 fully saturated rings. The number of likely N-dealkylation sites (tertiary alicyclic amines) is 2. The molecule has 0 bridgehead atoms. The zero-order chi connectivity index (χ0) is 14.8. The highest BCUT2D eigenvalue weighted by Gasteiger charge is 2.32. The van der Waals surface area contributed by atoms with E-state index in [4.69, 9.17) is 5.73 Å². The van der Waals surface area contributed by atoms with Gasteiger partial charge in [0.2, 0.25) is 5.91 Å². The van der Waals surface area contributed by atoms with Crippen LogP contribution in [-0.4, -0.2) is 47.9 Å². The largest absolute Gasteiger partial charge is 0.334 e. The number of carbonyl (C=O) groups excluding carboxylic acids is 1. The molecular weight excluding hydrogens is 282 g/mol. The first-order valence-corrected chi connectivity index (χ1v) is 8.84. The fourth-order valence-corrected chi connectivity index (χ4v) is 4.39. The minimum absolute atomic E-state index is 0.286. The van der Waals surface area contributed by atoms with Crippen LogP contribution in [0.25, 0.3) is 0 Å². The molecule has 3 unspecified atom stereocenters. The molecule has 0 saturated carbocycles. The van der Waals surface area contributed by atoms with Gasteiger partial charge in [-0.3, -0.25) is 9.69 Å². The zero-order valence-corrected chi connectivity index (χ0v) is 13.5. The monoisotopic (exact) mass is 307 g/mol. The standard InChI is InChI=1S/C16H25N3OS/c1-12-10-18(8-6-13(12)17)11-16(20)19-7-2-4-14(19)15-5-3-9-21-15/h3,5,9,12-14H,2,4,6-8,10-11,17H2,1H3.